The third kappa shape index (κ3) is 5.52. The third-order valence-corrected chi connectivity index (χ3v) is 15.4. The summed E-state index contributed by atoms with van der Waals surface area (Å²) >= 11 is 0. The summed E-state index contributed by atoms with van der Waals surface area (Å²) in [4.78, 5) is 0. The average molecular weight is 893 g/mol. The van der Waals surface area contributed by atoms with E-state index in [1.807, 2.05) is 0 Å². The number of furan rings is 1. The molecule has 2 aliphatic rings. The zero-order valence-corrected chi connectivity index (χ0v) is 38.3. The molecule has 0 N–H and O–H groups in total. The van der Waals surface area contributed by atoms with Crippen LogP contribution in [-0.2, 0) is 5.41 Å². The maximum Gasteiger partial charge on any atom is 0.135 e. The predicted octanol–water partition coefficient (Wildman–Crippen LogP) is 17.7. The van der Waals surface area contributed by atoms with Crippen LogP contribution in [-0.4, -0.2) is 9.13 Å². The van der Waals surface area contributed by atoms with E-state index in [9.17, 15) is 0 Å². The Bertz CT molecular complexity index is 4350. The topological polar surface area (TPSA) is 23.0 Å². The fourth-order valence-electron chi connectivity index (χ4n) is 12.4. The van der Waals surface area contributed by atoms with Crippen LogP contribution in [0.2, 0.25) is 0 Å². The SMILES string of the molecule is C1=CC(C2(c3ccccc3)c3ccccc3-c3c(-c4ccc5oc6ccc(-n7c8ccccc8c8cc(-c9ccc%10c(c9)c9ccccc9n%10-c9ccccc9)ccc87)cc6c5c4)cccc32)=CCC1. The number of aromatic nitrogens is 2. The molecule has 0 radical (unpaired) electrons. The summed E-state index contributed by atoms with van der Waals surface area (Å²) in [6, 6.07) is 82.7. The lowest BCUT2D eigenvalue weighted by molar-refractivity contribution is 0.669. The normalized spacial score (nSPS) is 15.4. The van der Waals surface area contributed by atoms with Crippen LogP contribution in [0, 0.1) is 0 Å². The summed E-state index contributed by atoms with van der Waals surface area (Å²) < 4.78 is 11.4. The van der Waals surface area contributed by atoms with Gasteiger partial charge in [-0.2, -0.15) is 0 Å². The summed E-state index contributed by atoms with van der Waals surface area (Å²) in [5.74, 6) is 0. The first kappa shape index (κ1) is 39.1. The molecule has 2 aliphatic carbocycles. The Morgan fingerprint density at radius 3 is 1.64 bits per heavy atom. The Labute approximate surface area is 405 Å². The maximum absolute atomic E-state index is 6.63. The molecule has 1 unspecified atom stereocenters. The predicted molar refractivity (Wildman–Crippen MR) is 291 cm³/mol. The molecule has 328 valence electrons. The summed E-state index contributed by atoms with van der Waals surface area (Å²) in [6.07, 6.45) is 9.30. The number of hydrogen-bond donors (Lipinski definition) is 0. The maximum atomic E-state index is 6.63. The van der Waals surface area contributed by atoms with Gasteiger partial charge in [-0.15, -0.1) is 0 Å². The second kappa shape index (κ2) is 15.0. The lowest BCUT2D eigenvalue weighted by atomic mass is 9.66. The van der Waals surface area contributed by atoms with Gasteiger partial charge in [0.1, 0.15) is 11.2 Å². The van der Waals surface area contributed by atoms with Crippen LogP contribution in [0.5, 0.6) is 0 Å². The van der Waals surface area contributed by atoms with Crippen LogP contribution in [0.25, 0.3) is 110 Å². The summed E-state index contributed by atoms with van der Waals surface area (Å²) in [5, 5.41) is 7.16. The molecule has 0 amide bonds. The van der Waals surface area contributed by atoms with E-state index in [1.165, 1.54) is 105 Å². The van der Waals surface area contributed by atoms with Crippen molar-refractivity contribution in [3.63, 3.8) is 0 Å². The summed E-state index contributed by atoms with van der Waals surface area (Å²) in [6.45, 7) is 0. The minimum atomic E-state index is -0.414. The van der Waals surface area contributed by atoms with E-state index in [4.69, 9.17) is 4.42 Å². The first-order valence-electron chi connectivity index (χ1n) is 24.5. The Hall–Kier alpha value is -8.92. The number of fused-ring (bicyclic) bond motifs is 12. The zero-order chi connectivity index (χ0) is 45.9. The first-order valence-corrected chi connectivity index (χ1v) is 24.5. The fourth-order valence-corrected chi connectivity index (χ4v) is 12.4. The molecule has 10 aromatic carbocycles. The number of benzene rings is 10. The molecule has 0 saturated carbocycles. The highest BCUT2D eigenvalue weighted by Gasteiger charge is 2.47. The van der Waals surface area contributed by atoms with Crippen molar-refractivity contribution in [2.45, 2.75) is 18.3 Å². The molecule has 3 nitrogen and oxygen atoms in total. The van der Waals surface area contributed by atoms with E-state index < -0.39 is 5.41 Å². The van der Waals surface area contributed by atoms with Gasteiger partial charge in [0.2, 0.25) is 0 Å². The van der Waals surface area contributed by atoms with Crippen molar-refractivity contribution in [3.05, 3.63) is 265 Å². The fraction of sp³-hybridized carbons (Fsp3) is 0.0448. The number of hydrogen-bond acceptors (Lipinski definition) is 1. The highest BCUT2D eigenvalue weighted by atomic mass is 16.3. The van der Waals surface area contributed by atoms with Crippen molar-refractivity contribution in [2.75, 3.05) is 0 Å². The molecule has 0 saturated heterocycles. The minimum absolute atomic E-state index is 0.414. The molecular formula is C67H44N2O. The standard InChI is InChI=1S/C67H44N2O/c1-4-17-46(18-5-1)67(47-19-6-2-7-20-47)58-27-13-10-25-53(58)66-50(26-16-28-59(66)67)45-33-37-64-56(41-45)57-42-49(34-38-65(57)70-64)69-61-30-15-12-24-52(61)55-40-44(32-36-63(55)69)43-31-35-62-54(39-43)51-23-11-14-29-60(51)68(62)48-21-8-3-9-22-48/h1,3-6,8-42H,2,7H2. The molecule has 3 heteroatoms. The van der Waals surface area contributed by atoms with Gasteiger partial charge in [-0.3, -0.25) is 0 Å². The molecule has 0 bridgehead atoms. The lowest BCUT2D eigenvalue weighted by Crippen LogP contribution is -2.29. The van der Waals surface area contributed by atoms with Crippen LogP contribution >= 0.6 is 0 Å². The second-order valence-electron chi connectivity index (χ2n) is 19.0. The monoisotopic (exact) mass is 892 g/mol. The molecule has 3 aromatic heterocycles. The van der Waals surface area contributed by atoms with Crippen molar-refractivity contribution >= 4 is 65.6 Å². The van der Waals surface area contributed by atoms with Gasteiger partial charge in [-0.25, -0.2) is 0 Å². The first-order chi connectivity index (χ1) is 34.7. The van der Waals surface area contributed by atoms with Gasteiger partial charge in [0.05, 0.1) is 27.5 Å². The molecular weight excluding hydrogens is 849 g/mol. The van der Waals surface area contributed by atoms with Gasteiger partial charge in [0, 0.05) is 43.7 Å². The average Bonchev–Trinajstić information content (AvgIpc) is 4.16. The van der Waals surface area contributed by atoms with E-state index >= 15 is 0 Å². The van der Waals surface area contributed by atoms with Crippen molar-refractivity contribution in [1.82, 2.24) is 9.13 Å². The van der Waals surface area contributed by atoms with Crippen molar-refractivity contribution < 1.29 is 4.42 Å². The number of allylic oxidation sites excluding steroid dienone is 4. The van der Waals surface area contributed by atoms with Crippen LogP contribution in [0.1, 0.15) is 29.5 Å². The molecule has 1 atom stereocenters. The van der Waals surface area contributed by atoms with Crippen LogP contribution in [0.4, 0.5) is 0 Å². The van der Waals surface area contributed by atoms with Gasteiger partial charge in [0.15, 0.2) is 0 Å². The van der Waals surface area contributed by atoms with E-state index in [2.05, 4.69) is 252 Å². The van der Waals surface area contributed by atoms with Crippen molar-refractivity contribution in [2.24, 2.45) is 0 Å². The smallest absolute Gasteiger partial charge is 0.135 e. The van der Waals surface area contributed by atoms with Gasteiger partial charge >= 0.3 is 0 Å². The van der Waals surface area contributed by atoms with Crippen LogP contribution in [0.3, 0.4) is 0 Å². The Kier molecular flexibility index (Phi) is 8.40. The minimum Gasteiger partial charge on any atom is -0.456 e. The highest BCUT2D eigenvalue weighted by Crippen LogP contribution is 2.59. The van der Waals surface area contributed by atoms with Gasteiger partial charge in [-0.1, -0.05) is 164 Å². The van der Waals surface area contributed by atoms with Gasteiger partial charge in [0.25, 0.3) is 0 Å². The summed E-state index contributed by atoms with van der Waals surface area (Å²) in [7, 11) is 0. The molecule has 0 fully saturated rings. The molecule has 0 aliphatic heterocycles. The van der Waals surface area contributed by atoms with E-state index in [0.29, 0.717) is 0 Å². The Morgan fingerprint density at radius 2 is 0.929 bits per heavy atom. The highest BCUT2D eigenvalue weighted by molar-refractivity contribution is 6.14. The molecule has 13 aromatic rings. The van der Waals surface area contributed by atoms with Crippen LogP contribution < -0.4 is 0 Å². The van der Waals surface area contributed by atoms with Gasteiger partial charge < -0.3 is 13.6 Å². The molecule has 0 spiro atoms. The number of para-hydroxylation sites is 3. The van der Waals surface area contributed by atoms with Crippen molar-refractivity contribution in [3.8, 4) is 44.8 Å². The zero-order valence-electron chi connectivity index (χ0n) is 38.3. The van der Waals surface area contributed by atoms with Crippen molar-refractivity contribution in [1.29, 1.82) is 0 Å². The molecule has 15 rings (SSSR count). The Balaban J connectivity index is 0.872. The van der Waals surface area contributed by atoms with E-state index in [-0.39, 0.29) is 0 Å². The van der Waals surface area contributed by atoms with E-state index in [1.54, 1.807) is 0 Å². The molecule has 3 heterocycles. The quantitative estimate of drug-likeness (QED) is 0.163. The third-order valence-electron chi connectivity index (χ3n) is 15.4. The van der Waals surface area contributed by atoms with Gasteiger partial charge in [-0.05, 0) is 147 Å². The second-order valence-corrected chi connectivity index (χ2v) is 19.0. The number of rotatable bonds is 6. The largest absolute Gasteiger partial charge is 0.456 e. The number of nitrogens with zero attached hydrogens (tertiary/aromatic N) is 2. The summed E-state index contributed by atoms with van der Waals surface area (Å²) in [5.41, 5.74) is 21.1. The van der Waals surface area contributed by atoms with E-state index in [0.717, 1.165) is 40.5 Å². The molecule has 70 heavy (non-hydrogen) atoms. The Morgan fingerprint density at radius 1 is 0.371 bits per heavy atom. The van der Waals surface area contributed by atoms with Crippen LogP contribution in [0.15, 0.2) is 253 Å². The lowest BCUT2D eigenvalue weighted by Gasteiger charge is -2.35.